The lowest BCUT2D eigenvalue weighted by molar-refractivity contribution is -0.121. The highest BCUT2D eigenvalue weighted by Crippen LogP contribution is 2.33. The van der Waals surface area contributed by atoms with E-state index in [2.05, 4.69) is 6.92 Å². The van der Waals surface area contributed by atoms with Gasteiger partial charge >= 0.3 is 0 Å². The molecule has 4 nitrogen and oxygen atoms in total. The summed E-state index contributed by atoms with van der Waals surface area (Å²) in [5.41, 5.74) is 1.18. The third kappa shape index (κ3) is 3.56. The Balaban J connectivity index is 2.28. The number of amides is 1. The van der Waals surface area contributed by atoms with Gasteiger partial charge in [-0.25, -0.2) is 0 Å². The first-order valence-electron chi connectivity index (χ1n) is 7.30. The van der Waals surface area contributed by atoms with Crippen molar-refractivity contribution in [1.29, 1.82) is 0 Å². The number of alkyl halides is 1. The second-order valence-electron chi connectivity index (χ2n) is 5.20. The zero-order valence-corrected chi connectivity index (χ0v) is 13.2. The number of carbonyl (C=O) groups excluding carboxylic acids is 2. The molecular formula is C16H20ClNO3. The van der Waals surface area contributed by atoms with E-state index < -0.39 is 5.38 Å². The van der Waals surface area contributed by atoms with Gasteiger partial charge in [0.15, 0.2) is 12.4 Å². The maximum Gasteiger partial charge on any atom is 0.265 e. The standard InChI is InChI=1S/C16H20ClNO3/c1-3-4-5-8-18-13-9-12(16(20)11(2)17)6-7-14(13)21-10-15(18)19/h6-7,9,11H,3-5,8,10H2,1-2H3. The summed E-state index contributed by atoms with van der Waals surface area (Å²) < 4.78 is 5.43. The molecule has 0 fully saturated rings. The fourth-order valence-electron chi connectivity index (χ4n) is 2.35. The van der Waals surface area contributed by atoms with Crippen LogP contribution >= 0.6 is 11.6 Å². The van der Waals surface area contributed by atoms with E-state index in [9.17, 15) is 9.59 Å². The van der Waals surface area contributed by atoms with Crippen molar-refractivity contribution in [3.05, 3.63) is 23.8 Å². The number of ketones is 1. The SMILES string of the molecule is CCCCCN1C(=O)COc2ccc(C(=O)C(C)Cl)cc21. The highest BCUT2D eigenvalue weighted by molar-refractivity contribution is 6.33. The van der Waals surface area contributed by atoms with Crippen LogP contribution in [-0.2, 0) is 4.79 Å². The number of fused-ring (bicyclic) bond motifs is 1. The maximum atomic E-state index is 12.1. The lowest BCUT2D eigenvalue weighted by Gasteiger charge is -2.29. The van der Waals surface area contributed by atoms with E-state index in [4.69, 9.17) is 16.3 Å². The van der Waals surface area contributed by atoms with Crippen LogP contribution in [-0.4, -0.2) is 30.2 Å². The molecule has 0 bridgehead atoms. The first-order chi connectivity index (χ1) is 10.0. The van der Waals surface area contributed by atoms with E-state index in [1.54, 1.807) is 30.0 Å². The lowest BCUT2D eigenvalue weighted by Crippen LogP contribution is -2.39. The summed E-state index contributed by atoms with van der Waals surface area (Å²) in [7, 11) is 0. The molecule has 1 unspecified atom stereocenters. The first-order valence-corrected chi connectivity index (χ1v) is 7.73. The van der Waals surface area contributed by atoms with Gasteiger partial charge < -0.3 is 9.64 Å². The smallest absolute Gasteiger partial charge is 0.265 e. The van der Waals surface area contributed by atoms with Crippen LogP contribution in [0.3, 0.4) is 0 Å². The Labute approximate surface area is 130 Å². The van der Waals surface area contributed by atoms with Gasteiger partial charge in [-0.05, 0) is 31.5 Å². The van der Waals surface area contributed by atoms with Gasteiger partial charge in [-0.15, -0.1) is 11.6 Å². The highest BCUT2D eigenvalue weighted by Gasteiger charge is 2.26. The van der Waals surface area contributed by atoms with Crippen LogP contribution in [0.5, 0.6) is 5.75 Å². The number of carbonyl (C=O) groups is 2. The minimum Gasteiger partial charge on any atom is -0.482 e. The molecule has 114 valence electrons. The number of unbranched alkanes of at least 4 members (excludes halogenated alkanes) is 2. The zero-order chi connectivity index (χ0) is 15.4. The zero-order valence-electron chi connectivity index (χ0n) is 12.4. The van der Waals surface area contributed by atoms with E-state index >= 15 is 0 Å². The van der Waals surface area contributed by atoms with Gasteiger partial charge in [-0.3, -0.25) is 9.59 Å². The summed E-state index contributed by atoms with van der Waals surface area (Å²) in [6.07, 6.45) is 3.09. The monoisotopic (exact) mass is 309 g/mol. The van der Waals surface area contributed by atoms with Crippen molar-refractivity contribution >= 4 is 29.0 Å². The van der Waals surface area contributed by atoms with Crippen molar-refractivity contribution in [2.24, 2.45) is 0 Å². The Morgan fingerprint density at radius 1 is 1.43 bits per heavy atom. The van der Waals surface area contributed by atoms with E-state index in [0.29, 0.717) is 23.5 Å². The molecule has 1 aromatic rings. The number of anilines is 1. The molecular weight excluding hydrogens is 290 g/mol. The van der Waals surface area contributed by atoms with Crippen molar-refractivity contribution < 1.29 is 14.3 Å². The highest BCUT2D eigenvalue weighted by atomic mass is 35.5. The minimum absolute atomic E-state index is 0.0539. The van der Waals surface area contributed by atoms with Crippen LogP contribution in [0.4, 0.5) is 5.69 Å². The summed E-state index contributed by atoms with van der Waals surface area (Å²) in [4.78, 5) is 25.8. The molecule has 1 aliphatic rings. The number of halogens is 1. The third-order valence-corrected chi connectivity index (χ3v) is 3.73. The molecule has 1 amide bonds. The van der Waals surface area contributed by atoms with Gasteiger partial charge in [0, 0.05) is 12.1 Å². The average molecular weight is 310 g/mol. The largest absolute Gasteiger partial charge is 0.482 e. The molecule has 21 heavy (non-hydrogen) atoms. The predicted molar refractivity (Wildman–Crippen MR) is 83.5 cm³/mol. The number of Topliss-reactive ketones (excluding diaryl/α,β-unsaturated/α-hetero) is 1. The summed E-state index contributed by atoms with van der Waals surface area (Å²) in [6.45, 7) is 4.47. The molecule has 5 heteroatoms. The second-order valence-corrected chi connectivity index (χ2v) is 5.86. The number of rotatable bonds is 6. The van der Waals surface area contributed by atoms with Crippen LogP contribution in [0.25, 0.3) is 0 Å². The van der Waals surface area contributed by atoms with Crippen LogP contribution in [0.15, 0.2) is 18.2 Å². The van der Waals surface area contributed by atoms with Gasteiger partial charge in [0.25, 0.3) is 5.91 Å². The van der Waals surface area contributed by atoms with Crippen LogP contribution in [0.2, 0.25) is 0 Å². The minimum atomic E-state index is -0.586. The average Bonchev–Trinajstić information content (AvgIpc) is 2.48. The van der Waals surface area contributed by atoms with Gasteiger partial charge in [-0.1, -0.05) is 19.8 Å². The fourth-order valence-corrected chi connectivity index (χ4v) is 2.48. The van der Waals surface area contributed by atoms with E-state index in [1.807, 2.05) is 0 Å². The molecule has 0 N–H and O–H groups in total. The van der Waals surface area contributed by atoms with Crippen molar-refractivity contribution in [3.63, 3.8) is 0 Å². The molecule has 2 rings (SSSR count). The van der Waals surface area contributed by atoms with Gasteiger partial charge in [-0.2, -0.15) is 0 Å². The molecule has 0 radical (unpaired) electrons. The summed E-state index contributed by atoms with van der Waals surface area (Å²) in [5.74, 6) is 0.429. The van der Waals surface area contributed by atoms with Crippen molar-refractivity contribution in [2.75, 3.05) is 18.1 Å². The Morgan fingerprint density at radius 3 is 2.86 bits per heavy atom. The van der Waals surface area contributed by atoms with Gasteiger partial charge in [0.2, 0.25) is 0 Å². The molecule has 1 atom stereocenters. The van der Waals surface area contributed by atoms with E-state index in [-0.39, 0.29) is 18.3 Å². The number of hydrogen-bond acceptors (Lipinski definition) is 3. The molecule has 0 saturated heterocycles. The van der Waals surface area contributed by atoms with Gasteiger partial charge in [0.1, 0.15) is 5.75 Å². The maximum absolute atomic E-state index is 12.1. The lowest BCUT2D eigenvalue weighted by atomic mass is 10.1. The number of ether oxygens (including phenoxy) is 1. The van der Waals surface area contributed by atoms with Crippen molar-refractivity contribution in [3.8, 4) is 5.75 Å². The van der Waals surface area contributed by atoms with Crippen LogP contribution < -0.4 is 9.64 Å². The Hall–Kier alpha value is -1.55. The molecule has 0 spiro atoms. The Morgan fingerprint density at radius 2 is 2.19 bits per heavy atom. The Bertz CT molecular complexity index is 542. The Kier molecular flexibility index (Phi) is 5.23. The van der Waals surface area contributed by atoms with Crippen molar-refractivity contribution in [1.82, 2.24) is 0 Å². The topological polar surface area (TPSA) is 46.6 Å². The molecule has 0 saturated carbocycles. The molecule has 0 aromatic heterocycles. The second kappa shape index (κ2) is 6.94. The third-order valence-electron chi connectivity index (χ3n) is 3.53. The summed E-state index contributed by atoms with van der Waals surface area (Å²) in [5, 5.41) is -0.586. The number of benzene rings is 1. The molecule has 1 aliphatic heterocycles. The quantitative estimate of drug-likeness (QED) is 0.459. The molecule has 1 heterocycles. The molecule has 1 aromatic carbocycles. The van der Waals surface area contributed by atoms with Crippen molar-refractivity contribution in [2.45, 2.75) is 38.5 Å². The molecule has 0 aliphatic carbocycles. The number of hydrogen-bond donors (Lipinski definition) is 0. The normalized spacial score (nSPS) is 15.4. The predicted octanol–water partition coefficient (Wildman–Crippen LogP) is 3.41. The van der Waals surface area contributed by atoms with Crippen LogP contribution in [0, 0.1) is 0 Å². The van der Waals surface area contributed by atoms with Crippen LogP contribution in [0.1, 0.15) is 43.5 Å². The summed E-state index contributed by atoms with van der Waals surface area (Å²) in [6, 6.07) is 5.14. The summed E-state index contributed by atoms with van der Waals surface area (Å²) >= 11 is 5.85. The van der Waals surface area contributed by atoms with E-state index in [0.717, 1.165) is 19.3 Å². The first kappa shape index (κ1) is 15.8. The van der Waals surface area contributed by atoms with E-state index in [1.165, 1.54) is 0 Å². The fraction of sp³-hybridized carbons (Fsp3) is 0.500. The number of nitrogens with zero attached hydrogens (tertiary/aromatic N) is 1. The van der Waals surface area contributed by atoms with Gasteiger partial charge in [0.05, 0.1) is 11.1 Å².